The van der Waals surface area contributed by atoms with Gasteiger partial charge in [0.25, 0.3) is 5.91 Å². The van der Waals surface area contributed by atoms with Gasteiger partial charge in [-0.1, -0.05) is 6.07 Å². The zero-order chi connectivity index (χ0) is 14.7. The number of aromatic nitrogens is 2. The number of anilines is 1. The van der Waals surface area contributed by atoms with Crippen molar-refractivity contribution in [3.63, 3.8) is 0 Å². The molecule has 2 aromatic rings. The molecule has 1 aliphatic rings. The molecule has 0 aromatic carbocycles. The smallest absolute Gasteiger partial charge is 0.255 e. The van der Waals surface area contributed by atoms with Crippen molar-refractivity contribution in [2.24, 2.45) is 0 Å². The molecule has 3 heterocycles. The first kappa shape index (κ1) is 13.4. The van der Waals surface area contributed by atoms with Crippen LogP contribution in [0, 0.1) is 0 Å². The van der Waals surface area contributed by atoms with Crippen molar-refractivity contribution in [1.29, 1.82) is 0 Å². The van der Waals surface area contributed by atoms with Crippen molar-refractivity contribution in [3.8, 4) is 5.75 Å². The van der Waals surface area contributed by atoms with Gasteiger partial charge >= 0.3 is 0 Å². The number of hydrogen-bond donors (Lipinski definition) is 1. The molecule has 0 saturated carbocycles. The first-order valence-electron chi connectivity index (χ1n) is 6.83. The van der Waals surface area contributed by atoms with Crippen LogP contribution >= 0.6 is 0 Å². The van der Waals surface area contributed by atoms with Gasteiger partial charge in [0.1, 0.15) is 11.6 Å². The summed E-state index contributed by atoms with van der Waals surface area (Å²) >= 11 is 0. The molecule has 1 amide bonds. The van der Waals surface area contributed by atoms with Crippen LogP contribution in [0.1, 0.15) is 10.4 Å². The predicted molar refractivity (Wildman–Crippen MR) is 78.3 cm³/mol. The van der Waals surface area contributed by atoms with Gasteiger partial charge in [0.2, 0.25) is 0 Å². The van der Waals surface area contributed by atoms with E-state index in [-0.39, 0.29) is 11.7 Å². The average Bonchev–Trinajstić information content (AvgIpc) is 2.55. The van der Waals surface area contributed by atoms with Crippen molar-refractivity contribution in [2.75, 3.05) is 31.1 Å². The molecular formula is C15H16N4O2. The van der Waals surface area contributed by atoms with Gasteiger partial charge in [0.05, 0.1) is 11.8 Å². The Morgan fingerprint density at radius 2 is 1.95 bits per heavy atom. The van der Waals surface area contributed by atoms with E-state index >= 15 is 0 Å². The first-order valence-corrected chi connectivity index (χ1v) is 6.83. The van der Waals surface area contributed by atoms with Gasteiger partial charge in [0.15, 0.2) is 0 Å². The lowest BCUT2D eigenvalue weighted by molar-refractivity contribution is 0.0745. The lowest BCUT2D eigenvalue weighted by atomic mass is 10.2. The van der Waals surface area contributed by atoms with Gasteiger partial charge < -0.3 is 14.9 Å². The zero-order valence-corrected chi connectivity index (χ0v) is 11.5. The van der Waals surface area contributed by atoms with Gasteiger partial charge in [-0.05, 0) is 18.2 Å². The summed E-state index contributed by atoms with van der Waals surface area (Å²) in [5.41, 5.74) is 0.418. The third kappa shape index (κ3) is 2.94. The van der Waals surface area contributed by atoms with Crippen molar-refractivity contribution in [2.45, 2.75) is 0 Å². The Balaban J connectivity index is 1.64. The normalized spacial score (nSPS) is 15.0. The van der Waals surface area contributed by atoms with Gasteiger partial charge in [-0.2, -0.15) is 0 Å². The van der Waals surface area contributed by atoms with Crippen LogP contribution in [0.15, 0.2) is 42.9 Å². The number of carbonyl (C=O) groups excluding carboxylic acids is 1. The standard InChI is InChI=1S/C15H16N4O2/c20-13-9-12(10-16-11-13)15(21)19-7-5-18(6-8-19)14-3-1-2-4-17-14/h1-4,9-11,20H,5-8H2. The van der Waals surface area contributed by atoms with E-state index in [4.69, 9.17) is 0 Å². The van der Waals surface area contributed by atoms with E-state index in [0.29, 0.717) is 18.7 Å². The fourth-order valence-electron chi connectivity index (χ4n) is 2.41. The van der Waals surface area contributed by atoms with Crippen LogP contribution in [0.2, 0.25) is 0 Å². The summed E-state index contributed by atoms with van der Waals surface area (Å²) < 4.78 is 0. The summed E-state index contributed by atoms with van der Waals surface area (Å²) in [6.45, 7) is 2.75. The molecule has 0 spiro atoms. The lowest BCUT2D eigenvalue weighted by Gasteiger charge is -2.35. The van der Waals surface area contributed by atoms with Gasteiger partial charge in [0, 0.05) is 38.6 Å². The molecule has 2 aromatic heterocycles. The maximum atomic E-state index is 12.3. The number of hydrogen-bond acceptors (Lipinski definition) is 5. The summed E-state index contributed by atoms with van der Waals surface area (Å²) in [6, 6.07) is 7.26. The summed E-state index contributed by atoms with van der Waals surface area (Å²) in [4.78, 5) is 24.4. The molecule has 3 rings (SSSR count). The second-order valence-electron chi connectivity index (χ2n) is 4.90. The predicted octanol–water partition coefficient (Wildman–Crippen LogP) is 1.14. The van der Waals surface area contributed by atoms with E-state index < -0.39 is 0 Å². The molecule has 0 atom stereocenters. The molecule has 21 heavy (non-hydrogen) atoms. The monoisotopic (exact) mass is 284 g/mol. The Bertz CT molecular complexity index is 625. The molecule has 1 saturated heterocycles. The van der Waals surface area contributed by atoms with E-state index in [9.17, 15) is 9.90 Å². The van der Waals surface area contributed by atoms with Gasteiger partial charge in [-0.25, -0.2) is 4.98 Å². The Hall–Kier alpha value is -2.63. The van der Waals surface area contributed by atoms with E-state index in [1.54, 1.807) is 11.1 Å². The summed E-state index contributed by atoms with van der Waals surface area (Å²) in [7, 11) is 0. The average molecular weight is 284 g/mol. The lowest BCUT2D eigenvalue weighted by Crippen LogP contribution is -2.49. The summed E-state index contributed by atoms with van der Waals surface area (Å²) in [5, 5.41) is 9.40. The van der Waals surface area contributed by atoms with Crippen LogP contribution in [-0.2, 0) is 0 Å². The molecule has 0 bridgehead atoms. The molecular weight excluding hydrogens is 268 g/mol. The minimum Gasteiger partial charge on any atom is -0.506 e. The van der Waals surface area contributed by atoms with E-state index in [1.807, 2.05) is 18.2 Å². The third-order valence-electron chi connectivity index (χ3n) is 3.51. The molecule has 0 radical (unpaired) electrons. The van der Waals surface area contributed by atoms with Gasteiger partial charge in [-0.15, -0.1) is 0 Å². The number of amides is 1. The first-order chi connectivity index (χ1) is 10.2. The molecule has 0 unspecified atom stereocenters. The fourth-order valence-corrected chi connectivity index (χ4v) is 2.41. The second-order valence-corrected chi connectivity index (χ2v) is 4.90. The van der Waals surface area contributed by atoms with Crippen LogP contribution < -0.4 is 4.90 Å². The van der Waals surface area contributed by atoms with Crippen LogP contribution in [0.3, 0.4) is 0 Å². The Kier molecular flexibility index (Phi) is 3.68. The Labute approximate surface area is 122 Å². The highest BCUT2D eigenvalue weighted by molar-refractivity contribution is 5.94. The van der Waals surface area contributed by atoms with Crippen LogP contribution in [0.4, 0.5) is 5.82 Å². The highest BCUT2D eigenvalue weighted by atomic mass is 16.3. The van der Waals surface area contributed by atoms with Crippen LogP contribution in [0.5, 0.6) is 5.75 Å². The SMILES string of the molecule is O=C(c1cncc(O)c1)N1CCN(c2ccccn2)CC1. The number of aromatic hydroxyl groups is 1. The number of carbonyl (C=O) groups is 1. The third-order valence-corrected chi connectivity index (χ3v) is 3.51. The van der Waals surface area contributed by atoms with Gasteiger partial charge in [-0.3, -0.25) is 9.78 Å². The summed E-state index contributed by atoms with van der Waals surface area (Å²) in [6.07, 6.45) is 4.56. The number of pyridine rings is 2. The summed E-state index contributed by atoms with van der Waals surface area (Å²) in [5.74, 6) is 0.843. The molecule has 6 heteroatoms. The topological polar surface area (TPSA) is 69.6 Å². The molecule has 6 nitrogen and oxygen atoms in total. The Morgan fingerprint density at radius 1 is 1.14 bits per heavy atom. The number of rotatable bonds is 2. The van der Waals surface area contributed by atoms with E-state index in [1.165, 1.54) is 18.5 Å². The largest absolute Gasteiger partial charge is 0.506 e. The second kappa shape index (κ2) is 5.78. The minimum atomic E-state index is -0.0981. The molecule has 108 valence electrons. The highest BCUT2D eigenvalue weighted by Gasteiger charge is 2.23. The van der Waals surface area contributed by atoms with Crippen LogP contribution in [-0.4, -0.2) is 52.1 Å². The quantitative estimate of drug-likeness (QED) is 0.895. The Morgan fingerprint density at radius 3 is 2.62 bits per heavy atom. The van der Waals surface area contributed by atoms with Crippen LogP contribution in [0.25, 0.3) is 0 Å². The molecule has 1 aliphatic heterocycles. The van der Waals surface area contributed by atoms with E-state index in [0.717, 1.165) is 18.9 Å². The maximum absolute atomic E-state index is 12.3. The van der Waals surface area contributed by atoms with Crippen molar-refractivity contribution in [1.82, 2.24) is 14.9 Å². The van der Waals surface area contributed by atoms with Crippen molar-refractivity contribution in [3.05, 3.63) is 48.4 Å². The number of nitrogens with zero attached hydrogens (tertiary/aromatic N) is 4. The van der Waals surface area contributed by atoms with E-state index in [2.05, 4.69) is 14.9 Å². The molecule has 1 N–H and O–H groups in total. The minimum absolute atomic E-state index is 0.00738. The highest BCUT2D eigenvalue weighted by Crippen LogP contribution is 2.15. The molecule has 0 aliphatic carbocycles. The molecule has 1 fully saturated rings. The van der Waals surface area contributed by atoms with Crippen molar-refractivity contribution >= 4 is 11.7 Å². The maximum Gasteiger partial charge on any atom is 0.255 e. The zero-order valence-electron chi connectivity index (χ0n) is 11.5. The van der Waals surface area contributed by atoms with Crippen molar-refractivity contribution < 1.29 is 9.90 Å². The number of piperazine rings is 1. The fraction of sp³-hybridized carbons (Fsp3) is 0.267.